The third-order valence-corrected chi connectivity index (χ3v) is 2.79. The van der Waals surface area contributed by atoms with Gasteiger partial charge >= 0.3 is 0 Å². The Bertz CT molecular complexity index is 453. The van der Waals surface area contributed by atoms with Gasteiger partial charge in [0.25, 0.3) is 0 Å². The lowest BCUT2D eigenvalue weighted by atomic mass is 10.1. The molecule has 17 heavy (non-hydrogen) atoms. The second-order valence-corrected chi connectivity index (χ2v) is 3.81. The van der Waals surface area contributed by atoms with Gasteiger partial charge in [-0.15, -0.1) is 0 Å². The number of methoxy groups -OCH3 is 1. The first-order valence-electron chi connectivity index (χ1n) is 5.62. The maximum Gasteiger partial charge on any atom is 0.123 e. The molecule has 0 saturated heterocycles. The molecule has 0 spiro atoms. The Morgan fingerprint density at radius 3 is 2.82 bits per heavy atom. The van der Waals surface area contributed by atoms with Crippen molar-refractivity contribution in [1.82, 2.24) is 15.1 Å². The Balaban J connectivity index is 2.22. The third-order valence-electron chi connectivity index (χ3n) is 2.79. The quantitative estimate of drug-likeness (QED) is 0.853. The third kappa shape index (κ3) is 2.65. The molecule has 1 aromatic heterocycles. The summed E-state index contributed by atoms with van der Waals surface area (Å²) in [6, 6.07) is 10.2. The maximum atomic E-state index is 5.38. The highest BCUT2D eigenvalue weighted by molar-refractivity contribution is 5.35. The van der Waals surface area contributed by atoms with Crippen LogP contribution in [0.15, 0.2) is 42.7 Å². The number of likely N-dealkylation sites (N-methyl/N-ethyl adjacent to an activating group) is 1. The number of aromatic nitrogens is 2. The SMILES string of the molecule is CNC(Cn1cccn1)c1ccccc1OC. The summed E-state index contributed by atoms with van der Waals surface area (Å²) in [6.45, 7) is 0.782. The highest BCUT2D eigenvalue weighted by Gasteiger charge is 2.14. The lowest BCUT2D eigenvalue weighted by Crippen LogP contribution is -2.22. The summed E-state index contributed by atoms with van der Waals surface area (Å²) in [5.74, 6) is 0.902. The van der Waals surface area contributed by atoms with Gasteiger partial charge in [-0.25, -0.2) is 0 Å². The molecule has 0 aliphatic carbocycles. The standard InChI is InChI=1S/C13H17N3O/c1-14-12(10-16-9-5-8-15-16)11-6-3-4-7-13(11)17-2/h3-9,12,14H,10H2,1-2H3. The minimum absolute atomic E-state index is 0.186. The zero-order valence-corrected chi connectivity index (χ0v) is 10.1. The summed E-state index contributed by atoms with van der Waals surface area (Å²) in [5.41, 5.74) is 1.15. The van der Waals surface area contributed by atoms with Gasteiger partial charge in [-0.05, 0) is 19.2 Å². The molecule has 4 nitrogen and oxygen atoms in total. The molecule has 1 N–H and O–H groups in total. The van der Waals surface area contributed by atoms with Gasteiger partial charge < -0.3 is 10.1 Å². The van der Waals surface area contributed by atoms with Crippen molar-refractivity contribution in [2.45, 2.75) is 12.6 Å². The van der Waals surface area contributed by atoms with Crippen molar-refractivity contribution in [2.24, 2.45) is 0 Å². The van der Waals surface area contributed by atoms with Crippen LogP contribution in [-0.4, -0.2) is 23.9 Å². The van der Waals surface area contributed by atoms with Crippen LogP contribution in [0.5, 0.6) is 5.75 Å². The molecule has 0 saturated carbocycles. The summed E-state index contributed by atoms with van der Waals surface area (Å²) >= 11 is 0. The minimum Gasteiger partial charge on any atom is -0.496 e. The number of hydrogen-bond donors (Lipinski definition) is 1. The van der Waals surface area contributed by atoms with Gasteiger partial charge in [0.2, 0.25) is 0 Å². The van der Waals surface area contributed by atoms with E-state index in [0.717, 1.165) is 17.9 Å². The zero-order valence-electron chi connectivity index (χ0n) is 10.1. The average Bonchev–Trinajstić information content (AvgIpc) is 2.89. The van der Waals surface area contributed by atoms with Crippen molar-refractivity contribution in [1.29, 1.82) is 0 Å². The molecule has 4 heteroatoms. The predicted molar refractivity (Wildman–Crippen MR) is 67.0 cm³/mol. The van der Waals surface area contributed by atoms with E-state index in [1.165, 1.54) is 0 Å². The molecule has 0 aliphatic rings. The largest absolute Gasteiger partial charge is 0.496 e. The molecular formula is C13H17N3O. The number of para-hydroxylation sites is 1. The van der Waals surface area contributed by atoms with E-state index in [-0.39, 0.29) is 6.04 Å². The van der Waals surface area contributed by atoms with Gasteiger partial charge in [0.05, 0.1) is 19.7 Å². The van der Waals surface area contributed by atoms with E-state index in [1.54, 1.807) is 13.3 Å². The lowest BCUT2D eigenvalue weighted by molar-refractivity contribution is 0.390. The molecule has 1 aromatic carbocycles. The number of nitrogens with zero attached hydrogens (tertiary/aromatic N) is 2. The smallest absolute Gasteiger partial charge is 0.123 e. The van der Waals surface area contributed by atoms with Crippen LogP contribution in [0.1, 0.15) is 11.6 Å². The van der Waals surface area contributed by atoms with E-state index in [2.05, 4.69) is 16.5 Å². The van der Waals surface area contributed by atoms with Gasteiger partial charge in [0.15, 0.2) is 0 Å². The minimum atomic E-state index is 0.186. The molecule has 1 heterocycles. The van der Waals surface area contributed by atoms with E-state index >= 15 is 0 Å². The first kappa shape index (κ1) is 11.7. The van der Waals surface area contributed by atoms with Crippen LogP contribution in [0.4, 0.5) is 0 Å². The van der Waals surface area contributed by atoms with Gasteiger partial charge in [-0.1, -0.05) is 18.2 Å². The Hall–Kier alpha value is -1.81. The van der Waals surface area contributed by atoms with Crippen LogP contribution in [0.25, 0.3) is 0 Å². The van der Waals surface area contributed by atoms with Crippen molar-refractivity contribution >= 4 is 0 Å². The Labute approximate surface area is 101 Å². The van der Waals surface area contributed by atoms with Gasteiger partial charge in [-0.2, -0.15) is 5.10 Å². The fourth-order valence-electron chi connectivity index (χ4n) is 1.89. The van der Waals surface area contributed by atoms with Crippen LogP contribution in [0.2, 0.25) is 0 Å². The monoisotopic (exact) mass is 231 g/mol. The van der Waals surface area contributed by atoms with E-state index < -0.39 is 0 Å². The van der Waals surface area contributed by atoms with Crippen molar-refractivity contribution in [2.75, 3.05) is 14.2 Å². The van der Waals surface area contributed by atoms with Crippen molar-refractivity contribution in [3.8, 4) is 5.75 Å². The van der Waals surface area contributed by atoms with Crippen LogP contribution in [0.3, 0.4) is 0 Å². The molecule has 0 fully saturated rings. The topological polar surface area (TPSA) is 39.1 Å². The Kier molecular flexibility index (Phi) is 3.77. The lowest BCUT2D eigenvalue weighted by Gasteiger charge is -2.19. The van der Waals surface area contributed by atoms with Crippen LogP contribution in [-0.2, 0) is 6.54 Å². The molecule has 90 valence electrons. The molecular weight excluding hydrogens is 214 g/mol. The van der Waals surface area contributed by atoms with Gasteiger partial charge in [0, 0.05) is 18.0 Å². The van der Waals surface area contributed by atoms with E-state index in [0.29, 0.717) is 0 Å². The molecule has 1 atom stereocenters. The molecule has 0 radical (unpaired) electrons. The van der Waals surface area contributed by atoms with Gasteiger partial charge in [0.1, 0.15) is 5.75 Å². The number of nitrogens with one attached hydrogen (secondary N) is 1. The molecule has 0 amide bonds. The van der Waals surface area contributed by atoms with Crippen molar-refractivity contribution in [3.05, 3.63) is 48.3 Å². The van der Waals surface area contributed by atoms with Crippen LogP contribution >= 0.6 is 0 Å². The molecule has 0 aliphatic heterocycles. The zero-order chi connectivity index (χ0) is 12.1. The average molecular weight is 231 g/mol. The van der Waals surface area contributed by atoms with Crippen molar-refractivity contribution < 1.29 is 4.74 Å². The first-order valence-corrected chi connectivity index (χ1v) is 5.62. The molecule has 0 bridgehead atoms. The van der Waals surface area contributed by atoms with Crippen molar-refractivity contribution in [3.63, 3.8) is 0 Å². The maximum absolute atomic E-state index is 5.38. The second kappa shape index (κ2) is 5.50. The molecule has 2 aromatic rings. The summed E-state index contributed by atoms with van der Waals surface area (Å²) in [4.78, 5) is 0. The predicted octanol–water partition coefficient (Wildman–Crippen LogP) is 1.85. The summed E-state index contributed by atoms with van der Waals surface area (Å²) in [7, 11) is 3.64. The number of hydrogen-bond acceptors (Lipinski definition) is 3. The molecule has 1 unspecified atom stereocenters. The number of rotatable bonds is 5. The number of ether oxygens (including phenoxy) is 1. The second-order valence-electron chi connectivity index (χ2n) is 3.81. The number of benzene rings is 1. The fourth-order valence-corrected chi connectivity index (χ4v) is 1.89. The first-order chi connectivity index (χ1) is 8.35. The summed E-state index contributed by atoms with van der Waals surface area (Å²) < 4.78 is 7.29. The highest BCUT2D eigenvalue weighted by Crippen LogP contribution is 2.25. The summed E-state index contributed by atoms with van der Waals surface area (Å²) in [5, 5.41) is 7.51. The normalized spacial score (nSPS) is 12.4. The fraction of sp³-hybridized carbons (Fsp3) is 0.308. The van der Waals surface area contributed by atoms with E-state index in [4.69, 9.17) is 4.74 Å². The van der Waals surface area contributed by atoms with Crippen LogP contribution in [0, 0.1) is 0 Å². The van der Waals surface area contributed by atoms with E-state index in [1.807, 2.05) is 42.2 Å². The highest BCUT2D eigenvalue weighted by atomic mass is 16.5. The Morgan fingerprint density at radius 2 is 2.18 bits per heavy atom. The molecule has 2 rings (SSSR count). The Morgan fingerprint density at radius 1 is 1.35 bits per heavy atom. The van der Waals surface area contributed by atoms with Gasteiger partial charge in [-0.3, -0.25) is 4.68 Å². The van der Waals surface area contributed by atoms with Crippen LogP contribution < -0.4 is 10.1 Å². The summed E-state index contributed by atoms with van der Waals surface area (Å²) in [6.07, 6.45) is 3.74. The van der Waals surface area contributed by atoms with E-state index in [9.17, 15) is 0 Å².